The zero-order valence-electron chi connectivity index (χ0n) is 14.1. The van der Waals surface area contributed by atoms with Gasteiger partial charge in [-0.3, -0.25) is 0 Å². The highest BCUT2D eigenvalue weighted by Gasteiger charge is 2.39. The van der Waals surface area contributed by atoms with E-state index in [4.69, 9.17) is 21.4 Å². The summed E-state index contributed by atoms with van der Waals surface area (Å²) >= 11 is 5.79. The van der Waals surface area contributed by atoms with Crippen molar-refractivity contribution in [1.29, 1.82) is 0 Å². The predicted molar refractivity (Wildman–Crippen MR) is 78.6 cm³/mol. The van der Waals surface area contributed by atoms with Crippen LogP contribution in [0.3, 0.4) is 0 Å². The number of aryl methyl sites for hydroxylation is 1. The SMILES string of the molecule is [2H]C([2H])([2H])c1ccc([C@](O)(CO)C(F)F)cc1-c1cnc(N)c(Cl)n1. The number of aliphatic hydroxyl groups is 2. The maximum absolute atomic E-state index is 13.2. The van der Waals surface area contributed by atoms with Gasteiger partial charge in [0, 0.05) is 9.68 Å². The van der Waals surface area contributed by atoms with E-state index in [2.05, 4.69) is 9.97 Å². The molecule has 1 aromatic carbocycles. The Morgan fingerprint density at radius 1 is 1.50 bits per heavy atom. The van der Waals surface area contributed by atoms with E-state index in [0.29, 0.717) is 0 Å². The highest BCUT2D eigenvalue weighted by Crippen LogP contribution is 2.32. The molecule has 0 amide bonds. The molecular weight excluding hydrogens is 316 g/mol. The van der Waals surface area contributed by atoms with Crippen molar-refractivity contribution < 1.29 is 23.1 Å². The smallest absolute Gasteiger partial charge is 0.273 e. The number of alkyl halides is 2. The maximum Gasteiger partial charge on any atom is 0.273 e. The van der Waals surface area contributed by atoms with Crippen molar-refractivity contribution in [2.45, 2.75) is 18.9 Å². The summed E-state index contributed by atoms with van der Waals surface area (Å²) in [6.07, 6.45) is -2.17. The lowest BCUT2D eigenvalue weighted by molar-refractivity contribution is -0.129. The van der Waals surface area contributed by atoms with Crippen LogP contribution in [-0.2, 0) is 5.60 Å². The molecule has 0 saturated heterocycles. The molecule has 5 nitrogen and oxygen atoms in total. The fourth-order valence-electron chi connectivity index (χ4n) is 1.82. The zero-order valence-corrected chi connectivity index (χ0v) is 11.8. The van der Waals surface area contributed by atoms with E-state index in [9.17, 15) is 19.0 Å². The number of nitrogens with zero attached hydrogens (tertiary/aromatic N) is 2. The number of anilines is 1. The zero-order chi connectivity index (χ0) is 19.0. The van der Waals surface area contributed by atoms with Gasteiger partial charge < -0.3 is 15.9 Å². The summed E-state index contributed by atoms with van der Waals surface area (Å²) in [5.74, 6) is -0.0866. The highest BCUT2D eigenvalue weighted by atomic mass is 35.5. The Labute approximate surface area is 134 Å². The second-order valence-corrected chi connectivity index (χ2v) is 4.93. The molecule has 0 aliphatic heterocycles. The monoisotopic (exact) mass is 332 g/mol. The number of nitrogens with two attached hydrogens (primary N) is 1. The lowest BCUT2D eigenvalue weighted by atomic mass is 9.91. The third-order valence-electron chi connectivity index (χ3n) is 3.15. The van der Waals surface area contributed by atoms with Crippen molar-refractivity contribution >= 4 is 17.4 Å². The van der Waals surface area contributed by atoms with Crippen molar-refractivity contribution in [2.75, 3.05) is 12.3 Å². The number of halogens is 3. The first-order valence-electron chi connectivity index (χ1n) is 7.55. The first-order valence-corrected chi connectivity index (χ1v) is 6.43. The van der Waals surface area contributed by atoms with Crippen molar-refractivity contribution in [3.05, 3.63) is 40.7 Å². The molecule has 0 aliphatic carbocycles. The summed E-state index contributed by atoms with van der Waals surface area (Å²) in [7, 11) is 0. The second kappa shape index (κ2) is 6.12. The molecule has 0 aliphatic rings. The van der Waals surface area contributed by atoms with Gasteiger partial charge >= 0.3 is 0 Å². The van der Waals surface area contributed by atoms with Crippen LogP contribution in [0.5, 0.6) is 0 Å². The molecule has 2 rings (SSSR count). The minimum atomic E-state index is -3.30. The largest absolute Gasteiger partial charge is 0.393 e. The Morgan fingerprint density at radius 3 is 2.77 bits per heavy atom. The van der Waals surface area contributed by atoms with E-state index in [1.165, 1.54) is 0 Å². The summed E-state index contributed by atoms with van der Waals surface area (Å²) in [6, 6.07) is 3.09. The summed E-state index contributed by atoms with van der Waals surface area (Å²) in [5, 5.41) is 19.0. The normalized spacial score (nSPS) is 16.7. The van der Waals surface area contributed by atoms with Gasteiger partial charge in [0.2, 0.25) is 0 Å². The van der Waals surface area contributed by atoms with Crippen LogP contribution >= 0.6 is 11.6 Å². The Morgan fingerprint density at radius 2 is 2.23 bits per heavy atom. The molecule has 0 saturated carbocycles. The first kappa shape index (κ1) is 12.7. The summed E-state index contributed by atoms with van der Waals surface area (Å²) in [4.78, 5) is 7.67. The molecule has 0 bridgehead atoms. The lowest BCUT2D eigenvalue weighted by Gasteiger charge is -2.26. The molecule has 4 N–H and O–H groups in total. The molecule has 8 heteroatoms. The fraction of sp³-hybridized carbons (Fsp3) is 0.286. The number of hydrogen-bond donors (Lipinski definition) is 3. The third-order valence-corrected chi connectivity index (χ3v) is 3.43. The van der Waals surface area contributed by atoms with Gasteiger partial charge in [0.05, 0.1) is 18.5 Å². The quantitative estimate of drug-likeness (QED) is 0.797. The lowest BCUT2D eigenvalue weighted by Crippen LogP contribution is -2.38. The van der Waals surface area contributed by atoms with Crippen molar-refractivity contribution in [2.24, 2.45) is 0 Å². The molecule has 1 atom stereocenters. The van der Waals surface area contributed by atoms with E-state index >= 15 is 0 Å². The number of nitrogen functional groups attached to an aromatic ring is 1. The summed E-state index contributed by atoms with van der Waals surface area (Å²) < 4.78 is 49.1. The van der Waals surface area contributed by atoms with Crippen LogP contribution < -0.4 is 5.73 Å². The molecule has 1 heterocycles. The summed E-state index contributed by atoms with van der Waals surface area (Å²) in [5.41, 5.74) is 1.92. The van der Waals surface area contributed by atoms with Crippen molar-refractivity contribution in [3.8, 4) is 11.3 Å². The molecule has 0 spiro atoms. The number of aromatic nitrogens is 2. The van der Waals surface area contributed by atoms with Crippen LogP contribution in [0, 0.1) is 6.85 Å². The third kappa shape index (κ3) is 2.87. The molecule has 118 valence electrons. The predicted octanol–water partition coefficient (Wildman–Crippen LogP) is 2.13. The molecule has 2 aromatic rings. The van der Waals surface area contributed by atoms with Crippen molar-refractivity contribution in [3.63, 3.8) is 0 Å². The van der Waals surface area contributed by atoms with Gasteiger partial charge in [-0.2, -0.15) is 0 Å². The van der Waals surface area contributed by atoms with E-state index in [-0.39, 0.29) is 33.4 Å². The Bertz CT molecular complexity index is 792. The van der Waals surface area contributed by atoms with E-state index < -0.39 is 25.5 Å². The van der Waals surface area contributed by atoms with E-state index in [1.54, 1.807) is 0 Å². The minimum absolute atomic E-state index is 0.0262. The minimum Gasteiger partial charge on any atom is -0.393 e. The molecule has 0 unspecified atom stereocenters. The standard InChI is InChI=1S/C14H14ClF2N3O2/c1-7-2-3-8(14(22,6-21)13(16)17)4-9(7)10-5-19-12(18)11(15)20-10/h2-5,13,21-22H,6H2,1H3,(H2,18,19)/t14-/m1/s1/i1D3. The summed E-state index contributed by atoms with van der Waals surface area (Å²) in [6.45, 7) is -3.85. The van der Waals surface area contributed by atoms with Crippen LogP contribution in [0.2, 0.25) is 5.15 Å². The Balaban J connectivity index is 2.73. The number of benzene rings is 1. The number of aliphatic hydroxyl groups excluding tert-OH is 1. The van der Waals surface area contributed by atoms with Gasteiger partial charge in [-0.05, 0) is 24.0 Å². The van der Waals surface area contributed by atoms with Crippen LogP contribution in [0.25, 0.3) is 11.3 Å². The fourth-order valence-corrected chi connectivity index (χ4v) is 1.96. The molecular formula is C14H14ClF2N3O2. The van der Waals surface area contributed by atoms with Gasteiger partial charge in [0.25, 0.3) is 6.43 Å². The molecule has 22 heavy (non-hydrogen) atoms. The molecule has 0 radical (unpaired) electrons. The van der Waals surface area contributed by atoms with Gasteiger partial charge in [-0.1, -0.05) is 23.7 Å². The average molecular weight is 333 g/mol. The van der Waals surface area contributed by atoms with Gasteiger partial charge in [-0.15, -0.1) is 0 Å². The van der Waals surface area contributed by atoms with Gasteiger partial charge in [0.15, 0.2) is 16.6 Å². The van der Waals surface area contributed by atoms with Crippen LogP contribution in [0.1, 0.15) is 15.2 Å². The Hall–Kier alpha value is -1.83. The van der Waals surface area contributed by atoms with Crippen molar-refractivity contribution in [1.82, 2.24) is 9.97 Å². The average Bonchev–Trinajstić information content (AvgIpc) is 2.55. The van der Waals surface area contributed by atoms with Gasteiger partial charge in [-0.25, -0.2) is 18.7 Å². The topological polar surface area (TPSA) is 92.3 Å². The van der Waals surface area contributed by atoms with E-state index in [1.807, 2.05) is 0 Å². The van der Waals surface area contributed by atoms with Gasteiger partial charge in [0.1, 0.15) is 0 Å². The highest BCUT2D eigenvalue weighted by molar-refractivity contribution is 6.31. The van der Waals surface area contributed by atoms with Crippen LogP contribution in [-0.4, -0.2) is 33.2 Å². The van der Waals surface area contributed by atoms with Crippen LogP contribution in [0.4, 0.5) is 14.6 Å². The first-order chi connectivity index (χ1) is 11.5. The van der Waals surface area contributed by atoms with E-state index in [0.717, 1.165) is 24.4 Å². The maximum atomic E-state index is 13.2. The second-order valence-electron chi connectivity index (χ2n) is 4.57. The number of hydrogen-bond acceptors (Lipinski definition) is 5. The Kier molecular flexibility index (Phi) is 3.53. The molecule has 1 aromatic heterocycles. The number of rotatable bonds is 4. The van der Waals surface area contributed by atoms with Crippen LogP contribution in [0.15, 0.2) is 24.4 Å². The molecule has 0 fully saturated rings.